The standard InChI is InChI=1S/C10H13N3OS/c11-7-9-12-10(14-13-9)5-1-3-8-4-2-6-15-8/h2,4,6H,1,3,5,7,11H2. The molecule has 5 heteroatoms. The molecule has 15 heavy (non-hydrogen) atoms. The molecule has 0 aliphatic carbocycles. The smallest absolute Gasteiger partial charge is 0.226 e. The highest BCUT2D eigenvalue weighted by molar-refractivity contribution is 7.09. The van der Waals surface area contributed by atoms with Gasteiger partial charge in [0.05, 0.1) is 6.54 Å². The van der Waals surface area contributed by atoms with Crippen molar-refractivity contribution in [2.24, 2.45) is 5.73 Å². The number of aryl methyl sites for hydroxylation is 2. The lowest BCUT2D eigenvalue weighted by atomic mass is 10.2. The SMILES string of the molecule is NCc1noc(CCCc2cccs2)n1. The average molecular weight is 223 g/mol. The van der Waals surface area contributed by atoms with Crippen LogP contribution in [0.15, 0.2) is 22.0 Å². The van der Waals surface area contributed by atoms with Crippen molar-refractivity contribution >= 4 is 11.3 Å². The van der Waals surface area contributed by atoms with Crippen LogP contribution in [0.4, 0.5) is 0 Å². The second kappa shape index (κ2) is 5.04. The van der Waals surface area contributed by atoms with E-state index in [9.17, 15) is 0 Å². The minimum absolute atomic E-state index is 0.342. The van der Waals surface area contributed by atoms with Gasteiger partial charge in [0.2, 0.25) is 5.89 Å². The van der Waals surface area contributed by atoms with Gasteiger partial charge in [0.25, 0.3) is 0 Å². The lowest BCUT2D eigenvalue weighted by Crippen LogP contribution is -1.98. The third kappa shape index (κ3) is 2.87. The van der Waals surface area contributed by atoms with Crippen LogP contribution >= 0.6 is 11.3 Å². The van der Waals surface area contributed by atoms with Crippen LogP contribution in [0.25, 0.3) is 0 Å². The Morgan fingerprint density at radius 3 is 3.00 bits per heavy atom. The average Bonchev–Trinajstić information content (AvgIpc) is 2.88. The van der Waals surface area contributed by atoms with E-state index in [1.54, 1.807) is 11.3 Å². The molecule has 0 spiro atoms. The number of hydrogen-bond donors (Lipinski definition) is 1. The van der Waals surface area contributed by atoms with Gasteiger partial charge < -0.3 is 10.3 Å². The van der Waals surface area contributed by atoms with Gasteiger partial charge in [-0.15, -0.1) is 11.3 Å². The Bertz CT molecular complexity index is 396. The van der Waals surface area contributed by atoms with Crippen LogP contribution in [0.3, 0.4) is 0 Å². The molecule has 0 radical (unpaired) electrons. The van der Waals surface area contributed by atoms with Gasteiger partial charge in [-0.05, 0) is 24.3 Å². The Kier molecular flexibility index (Phi) is 3.47. The largest absolute Gasteiger partial charge is 0.339 e. The van der Waals surface area contributed by atoms with Crippen molar-refractivity contribution in [3.05, 3.63) is 34.1 Å². The van der Waals surface area contributed by atoms with E-state index >= 15 is 0 Å². The number of nitrogens with two attached hydrogens (primary N) is 1. The number of rotatable bonds is 5. The normalized spacial score (nSPS) is 10.7. The van der Waals surface area contributed by atoms with Crippen molar-refractivity contribution < 1.29 is 4.52 Å². The molecule has 0 aliphatic rings. The quantitative estimate of drug-likeness (QED) is 0.839. The molecule has 0 bridgehead atoms. The van der Waals surface area contributed by atoms with E-state index in [1.165, 1.54) is 4.88 Å². The van der Waals surface area contributed by atoms with E-state index in [0.717, 1.165) is 19.3 Å². The first-order valence-electron chi connectivity index (χ1n) is 4.92. The summed E-state index contributed by atoms with van der Waals surface area (Å²) < 4.78 is 5.04. The number of thiophene rings is 1. The van der Waals surface area contributed by atoms with Crippen LogP contribution in [0.1, 0.15) is 23.0 Å². The molecule has 0 atom stereocenters. The Morgan fingerprint density at radius 2 is 2.33 bits per heavy atom. The first-order chi connectivity index (χ1) is 7.38. The predicted molar refractivity (Wildman–Crippen MR) is 58.5 cm³/mol. The van der Waals surface area contributed by atoms with Gasteiger partial charge in [0, 0.05) is 11.3 Å². The maximum absolute atomic E-state index is 5.39. The van der Waals surface area contributed by atoms with Gasteiger partial charge in [-0.3, -0.25) is 0 Å². The van der Waals surface area contributed by atoms with Crippen molar-refractivity contribution in [1.29, 1.82) is 0 Å². The van der Waals surface area contributed by atoms with Crippen LogP contribution < -0.4 is 5.73 Å². The van der Waals surface area contributed by atoms with Gasteiger partial charge in [-0.1, -0.05) is 11.2 Å². The van der Waals surface area contributed by atoms with Gasteiger partial charge in [-0.25, -0.2) is 0 Å². The number of nitrogens with zero attached hydrogens (tertiary/aromatic N) is 2. The Balaban J connectivity index is 1.78. The van der Waals surface area contributed by atoms with Gasteiger partial charge in [0.1, 0.15) is 0 Å². The lowest BCUT2D eigenvalue weighted by molar-refractivity contribution is 0.370. The van der Waals surface area contributed by atoms with E-state index in [1.807, 2.05) is 0 Å². The molecule has 0 saturated carbocycles. The fraction of sp³-hybridized carbons (Fsp3) is 0.400. The highest BCUT2D eigenvalue weighted by atomic mass is 32.1. The molecule has 2 aromatic rings. The summed E-state index contributed by atoms with van der Waals surface area (Å²) in [5, 5.41) is 5.83. The van der Waals surface area contributed by atoms with Crippen LogP contribution in [-0.2, 0) is 19.4 Å². The van der Waals surface area contributed by atoms with Gasteiger partial charge in [-0.2, -0.15) is 4.98 Å². The zero-order valence-corrected chi connectivity index (χ0v) is 9.17. The Morgan fingerprint density at radius 1 is 1.40 bits per heavy atom. The first kappa shape index (κ1) is 10.3. The second-order valence-corrected chi connectivity index (χ2v) is 4.27. The molecule has 0 aliphatic heterocycles. The van der Waals surface area contributed by atoms with E-state index < -0.39 is 0 Å². The van der Waals surface area contributed by atoms with Crippen LogP contribution in [0.5, 0.6) is 0 Å². The van der Waals surface area contributed by atoms with Crippen molar-refractivity contribution in [3.63, 3.8) is 0 Å². The molecule has 2 heterocycles. The van der Waals surface area contributed by atoms with Crippen LogP contribution in [0, 0.1) is 0 Å². The summed E-state index contributed by atoms with van der Waals surface area (Å²) in [7, 11) is 0. The van der Waals surface area contributed by atoms with E-state index in [4.69, 9.17) is 10.3 Å². The maximum atomic E-state index is 5.39. The van der Waals surface area contributed by atoms with Crippen molar-refractivity contribution in [2.45, 2.75) is 25.8 Å². The minimum Gasteiger partial charge on any atom is -0.339 e. The van der Waals surface area contributed by atoms with E-state index in [0.29, 0.717) is 18.3 Å². The van der Waals surface area contributed by atoms with Gasteiger partial charge in [0.15, 0.2) is 5.82 Å². The van der Waals surface area contributed by atoms with E-state index in [2.05, 4.69) is 27.7 Å². The summed E-state index contributed by atoms with van der Waals surface area (Å²) in [6, 6.07) is 4.21. The Labute approximate surface area is 92.1 Å². The molecular weight excluding hydrogens is 210 g/mol. The molecule has 2 N–H and O–H groups in total. The topological polar surface area (TPSA) is 64.9 Å². The van der Waals surface area contributed by atoms with Crippen LogP contribution in [0.2, 0.25) is 0 Å². The molecule has 0 fully saturated rings. The molecule has 0 aromatic carbocycles. The van der Waals surface area contributed by atoms with Crippen LogP contribution in [-0.4, -0.2) is 10.1 Å². The molecule has 2 aromatic heterocycles. The van der Waals surface area contributed by atoms with E-state index in [-0.39, 0.29) is 0 Å². The summed E-state index contributed by atoms with van der Waals surface area (Å²) >= 11 is 1.78. The fourth-order valence-electron chi connectivity index (χ4n) is 1.34. The third-order valence-corrected chi connectivity index (χ3v) is 3.02. The summed E-state index contributed by atoms with van der Waals surface area (Å²) in [5.41, 5.74) is 5.39. The molecular formula is C10H13N3OS. The summed E-state index contributed by atoms with van der Waals surface area (Å²) in [5.74, 6) is 1.27. The molecule has 0 unspecified atom stereocenters. The molecule has 4 nitrogen and oxygen atoms in total. The van der Waals surface area contributed by atoms with Crippen molar-refractivity contribution in [1.82, 2.24) is 10.1 Å². The predicted octanol–water partition coefficient (Wildman–Crippen LogP) is 1.77. The van der Waals surface area contributed by atoms with Gasteiger partial charge >= 0.3 is 0 Å². The number of aromatic nitrogens is 2. The molecule has 0 saturated heterocycles. The first-order valence-corrected chi connectivity index (χ1v) is 5.80. The van der Waals surface area contributed by atoms with Crippen molar-refractivity contribution in [2.75, 3.05) is 0 Å². The number of hydrogen-bond acceptors (Lipinski definition) is 5. The molecule has 80 valence electrons. The minimum atomic E-state index is 0.342. The molecule has 2 rings (SSSR count). The Hall–Kier alpha value is -1.20. The molecule has 0 amide bonds. The monoisotopic (exact) mass is 223 g/mol. The highest BCUT2D eigenvalue weighted by Crippen LogP contribution is 2.12. The van der Waals surface area contributed by atoms with Crippen molar-refractivity contribution in [3.8, 4) is 0 Å². The fourth-order valence-corrected chi connectivity index (χ4v) is 2.09. The summed E-state index contributed by atoms with van der Waals surface area (Å²) in [6.45, 7) is 0.342. The summed E-state index contributed by atoms with van der Waals surface area (Å²) in [6.07, 6.45) is 2.93. The third-order valence-electron chi connectivity index (χ3n) is 2.09. The maximum Gasteiger partial charge on any atom is 0.226 e. The zero-order valence-electron chi connectivity index (χ0n) is 8.35. The second-order valence-electron chi connectivity index (χ2n) is 3.24. The zero-order chi connectivity index (χ0) is 10.5. The lowest BCUT2D eigenvalue weighted by Gasteiger charge is -1.93. The summed E-state index contributed by atoms with van der Waals surface area (Å²) in [4.78, 5) is 5.55. The highest BCUT2D eigenvalue weighted by Gasteiger charge is 2.04.